The summed E-state index contributed by atoms with van der Waals surface area (Å²) >= 11 is 3.42. The zero-order valence-electron chi connectivity index (χ0n) is 10.3. The number of piperidine rings is 2. The van der Waals surface area contributed by atoms with Gasteiger partial charge in [0.2, 0.25) is 5.91 Å². The molecular formula is C12H19BrN2O3. The van der Waals surface area contributed by atoms with E-state index >= 15 is 0 Å². The monoisotopic (exact) mass is 318 g/mol. The highest BCUT2D eigenvalue weighted by atomic mass is 79.9. The number of aliphatic carboxylic acids is 1. The average molecular weight is 319 g/mol. The number of likely N-dealkylation sites (tertiary alicyclic amines) is 1. The van der Waals surface area contributed by atoms with Crippen LogP contribution in [0.3, 0.4) is 0 Å². The molecule has 2 heterocycles. The maximum Gasteiger partial charge on any atom is 0.326 e. The molecule has 2 fully saturated rings. The average Bonchev–Trinajstić information content (AvgIpc) is 2.38. The fourth-order valence-corrected chi connectivity index (χ4v) is 3.41. The fourth-order valence-electron chi connectivity index (χ4n) is 2.78. The van der Waals surface area contributed by atoms with E-state index in [0.29, 0.717) is 13.0 Å². The van der Waals surface area contributed by atoms with Crippen LogP contribution in [0.2, 0.25) is 0 Å². The van der Waals surface area contributed by atoms with Gasteiger partial charge in [0, 0.05) is 29.2 Å². The van der Waals surface area contributed by atoms with Crippen molar-refractivity contribution in [3.63, 3.8) is 0 Å². The molecule has 1 amide bonds. The van der Waals surface area contributed by atoms with Gasteiger partial charge < -0.3 is 10.0 Å². The van der Waals surface area contributed by atoms with Crippen molar-refractivity contribution in [3.05, 3.63) is 0 Å². The van der Waals surface area contributed by atoms with E-state index < -0.39 is 12.0 Å². The van der Waals surface area contributed by atoms with E-state index in [1.165, 1.54) is 0 Å². The number of carboxylic acids is 1. The number of halogens is 1. The SMILES string of the molecule is O=C(O)[C@H]1CCCCN1C(=O)[C@@H]1CCCCN1Br. The van der Waals surface area contributed by atoms with E-state index in [1.54, 1.807) is 4.90 Å². The van der Waals surface area contributed by atoms with Crippen LogP contribution in [-0.2, 0) is 9.59 Å². The molecule has 102 valence electrons. The molecule has 5 nitrogen and oxygen atoms in total. The summed E-state index contributed by atoms with van der Waals surface area (Å²) < 4.78 is 1.88. The van der Waals surface area contributed by atoms with Gasteiger partial charge in [-0.05, 0) is 32.1 Å². The van der Waals surface area contributed by atoms with Crippen molar-refractivity contribution in [1.82, 2.24) is 8.83 Å². The van der Waals surface area contributed by atoms with Crippen molar-refractivity contribution in [2.24, 2.45) is 0 Å². The Morgan fingerprint density at radius 1 is 1.00 bits per heavy atom. The van der Waals surface area contributed by atoms with Crippen LogP contribution in [0.25, 0.3) is 0 Å². The molecule has 2 atom stereocenters. The van der Waals surface area contributed by atoms with Gasteiger partial charge in [-0.25, -0.2) is 8.72 Å². The lowest BCUT2D eigenvalue weighted by atomic mass is 9.98. The maximum absolute atomic E-state index is 12.5. The van der Waals surface area contributed by atoms with E-state index in [0.717, 1.165) is 38.6 Å². The summed E-state index contributed by atoms with van der Waals surface area (Å²) in [6, 6.07) is -0.826. The highest BCUT2D eigenvalue weighted by Crippen LogP contribution is 2.25. The Kier molecular flexibility index (Phi) is 4.61. The van der Waals surface area contributed by atoms with E-state index in [4.69, 9.17) is 0 Å². The first-order chi connectivity index (χ1) is 8.61. The van der Waals surface area contributed by atoms with Crippen LogP contribution in [0.15, 0.2) is 0 Å². The molecule has 0 spiro atoms. The summed E-state index contributed by atoms with van der Waals surface area (Å²) in [7, 11) is 0. The number of hydrogen-bond acceptors (Lipinski definition) is 3. The lowest BCUT2D eigenvalue weighted by molar-refractivity contribution is -0.154. The summed E-state index contributed by atoms with van der Waals surface area (Å²) in [5, 5.41) is 9.20. The van der Waals surface area contributed by atoms with Crippen molar-refractivity contribution in [2.75, 3.05) is 13.1 Å². The summed E-state index contributed by atoms with van der Waals surface area (Å²) in [4.78, 5) is 25.2. The van der Waals surface area contributed by atoms with E-state index in [9.17, 15) is 14.7 Å². The van der Waals surface area contributed by atoms with E-state index in [1.807, 2.05) is 3.93 Å². The molecule has 18 heavy (non-hydrogen) atoms. The van der Waals surface area contributed by atoms with Gasteiger partial charge in [0.15, 0.2) is 0 Å². The van der Waals surface area contributed by atoms with Gasteiger partial charge in [-0.3, -0.25) is 4.79 Å². The van der Waals surface area contributed by atoms with E-state index in [-0.39, 0.29) is 11.9 Å². The van der Waals surface area contributed by atoms with Gasteiger partial charge in [-0.1, -0.05) is 6.42 Å². The predicted molar refractivity (Wildman–Crippen MR) is 70.3 cm³/mol. The Hall–Kier alpha value is -0.620. The zero-order chi connectivity index (χ0) is 13.1. The summed E-state index contributed by atoms with van der Waals surface area (Å²) in [6.07, 6.45) is 5.30. The first-order valence-corrected chi connectivity index (χ1v) is 7.28. The van der Waals surface area contributed by atoms with Crippen molar-refractivity contribution >= 4 is 28.0 Å². The van der Waals surface area contributed by atoms with Crippen LogP contribution in [0.1, 0.15) is 38.5 Å². The second kappa shape index (κ2) is 6.02. The molecule has 2 aliphatic rings. The van der Waals surface area contributed by atoms with Crippen molar-refractivity contribution in [2.45, 2.75) is 50.6 Å². The highest BCUT2D eigenvalue weighted by Gasteiger charge is 2.37. The molecule has 0 bridgehead atoms. The third-order valence-corrected chi connectivity index (χ3v) is 4.64. The van der Waals surface area contributed by atoms with Crippen LogP contribution < -0.4 is 0 Å². The smallest absolute Gasteiger partial charge is 0.326 e. The summed E-state index contributed by atoms with van der Waals surface area (Å²) in [5.41, 5.74) is 0. The number of hydrogen-bond donors (Lipinski definition) is 1. The molecule has 0 radical (unpaired) electrons. The van der Waals surface area contributed by atoms with Gasteiger partial charge in [0.05, 0.1) is 6.04 Å². The Bertz CT molecular complexity index is 337. The molecule has 0 aromatic heterocycles. The lowest BCUT2D eigenvalue weighted by Crippen LogP contribution is -2.54. The molecule has 0 saturated carbocycles. The van der Waals surface area contributed by atoms with Crippen LogP contribution in [0.4, 0.5) is 0 Å². The standard InChI is InChI=1S/C12H19BrN2O3/c13-15-8-4-2-5-9(15)11(16)14-7-3-1-6-10(14)12(17)18/h9-10H,1-8H2,(H,17,18)/t9-,10+/m0/s1. The minimum Gasteiger partial charge on any atom is -0.480 e. The van der Waals surface area contributed by atoms with Crippen molar-refractivity contribution in [3.8, 4) is 0 Å². The third-order valence-electron chi connectivity index (χ3n) is 3.79. The molecule has 2 saturated heterocycles. The Morgan fingerprint density at radius 2 is 1.61 bits per heavy atom. The van der Waals surface area contributed by atoms with Gasteiger partial charge in [0.25, 0.3) is 0 Å². The quantitative estimate of drug-likeness (QED) is 0.786. The number of rotatable bonds is 2. The molecule has 1 N–H and O–H groups in total. The molecule has 0 unspecified atom stereocenters. The highest BCUT2D eigenvalue weighted by molar-refractivity contribution is 9.07. The molecule has 0 aromatic rings. The lowest BCUT2D eigenvalue weighted by Gasteiger charge is -2.38. The topological polar surface area (TPSA) is 60.9 Å². The normalized spacial score (nSPS) is 30.2. The number of carbonyl (C=O) groups excluding carboxylic acids is 1. The molecule has 0 aliphatic carbocycles. The molecule has 6 heteroatoms. The zero-order valence-corrected chi connectivity index (χ0v) is 11.9. The molecule has 2 rings (SSSR count). The van der Waals surface area contributed by atoms with Crippen LogP contribution in [0.5, 0.6) is 0 Å². The Labute approximate surface area is 115 Å². The maximum atomic E-state index is 12.5. The number of nitrogens with zero attached hydrogens (tertiary/aromatic N) is 2. The molecule has 2 aliphatic heterocycles. The largest absolute Gasteiger partial charge is 0.480 e. The van der Waals surface area contributed by atoms with Gasteiger partial charge >= 0.3 is 5.97 Å². The number of carboxylic acid groups (broad SMARTS) is 1. The first kappa shape index (κ1) is 13.8. The van der Waals surface area contributed by atoms with Gasteiger partial charge in [-0.2, -0.15) is 0 Å². The van der Waals surface area contributed by atoms with Crippen molar-refractivity contribution in [1.29, 1.82) is 0 Å². The van der Waals surface area contributed by atoms with Gasteiger partial charge in [-0.15, -0.1) is 0 Å². The van der Waals surface area contributed by atoms with Crippen LogP contribution in [-0.4, -0.2) is 51.0 Å². The number of amides is 1. The molecular weight excluding hydrogens is 300 g/mol. The minimum absolute atomic E-state index is 0.0290. The van der Waals surface area contributed by atoms with Gasteiger partial charge in [0.1, 0.15) is 6.04 Å². The minimum atomic E-state index is -0.875. The summed E-state index contributed by atoms with van der Waals surface area (Å²) in [6.45, 7) is 1.43. The Morgan fingerprint density at radius 3 is 2.22 bits per heavy atom. The predicted octanol–water partition coefficient (Wildman–Crippen LogP) is 1.62. The fraction of sp³-hybridized carbons (Fsp3) is 0.833. The van der Waals surface area contributed by atoms with Crippen molar-refractivity contribution < 1.29 is 14.7 Å². The first-order valence-electron chi connectivity index (χ1n) is 6.57. The second-order valence-corrected chi connectivity index (χ2v) is 5.93. The van der Waals surface area contributed by atoms with Crippen LogP contribution >= 0.6 is 16.1 Å². The summed E-state index contributed by atoms with van der Waals surface area (Å²) in [5.74, 6) is -0.904. The van der Waals surface area contributed by atoms with E-state index in [2.05, 4.69) is 16.1 Å². The molecule has 0 aromatic carbocycles. The second-order valence-electron chi connectivity index (χ2n) is 5.02. The Balaban J connectivity index is 2.07. The van der Waals surface area contributed by atoms with Crippen LogP contribution in [0, 0.1) is 0 Å². The number of carbonyl (C=O) groups is 2. The third kappa shape index (κ3) is 2.85.